The van der Waals surface area contributed by atoms with Crippen molar-refractivity contribution in [3.05, 3.63) is 53.4 Å². The summed E-state index contributed by atoms with van der Waals surface area (Å²) in [6.07, 6.45) is 1.28. The molecule has 22 heavy (non-hydrogen) atoms. The van der Waals surface area contributed by atoms with Crippen LogP contribution in [0.25, 0.3) is 0 Å². The molecule has 1 amide bonds. The lowest BCUT2D eigenvalue weighted by Gasteiger charge is -2.14. The van der Waals surface area contributed by atoms with Crippen LogP contribution in [0.1, 0.15) is 12.2 Å². The van der Waals surface area contributed by atoms with Crippen molar-refractivity contribution >= 4 is 29.2 Å². The molecule has 116 valence electrons. The number of carbonyl (C=O) groups is 2. The van der Waals surface area contributed by atoms with Crippen molar-refractivity contribution in [1.82, 2.24) is 5.32 Å². The van der Waals surface area contributed by atoms with Crippen molar-refractivity contribution in [2.75, 3.05) is 5.32 Å². The normalized spacial score (nSPS) is 11.9. The standard InChI is InChI=1S/C15H15ClN2O4/c16-11-5-1-2-6-12(11)18-14(19)8-13(15(20)21)17-9-10-4-3-7-22-10/h1-7,13,17H,8-9H2,(H,18,19)(H,20,21)/t13-/m1/s1. The van der Waals surface area contributed by atoms with Gasteiger partial charge in [0, 0.05) is 0 Å². The lowest BCUT2D eigenvalue weighted by molar-refractivity contribution is -0.141. The summed E-state index contributed by atoms with van der Waals surface area (Å²) in [6, 6.07) is 9.15. The molecule has 7 heteroatoms. The third-order valence-electron chi connectivity index (χ3n) is 2.94. The Morgan fingerprint density at radius 1 is 1.23 bits per heavy atom. The maximum Gasteiger partial charge on any atom is 0.321 e. The number of benzene rings is 1. The van der Waals surface area contributed by atoms with Crippen LogP contribution in [0.4, 0.5) is 5.69 Å². The highest BCUT2D eigenvalue weighted by Gasteiger charge is 2.21. The Labute approximate surface area is 132 Å². The first-order chi connectivity index (χ1) is 10.6. The van der Waals surface area contributed by atoms with Crippen LogP contribution in [-0.4, -0.2) is 23.0 Å². The van der Waals surface area contributed by atoms with Crippen LogP contribution in [0.3, 0.4) is 0 Å². The van der Waals surface area contributed by atoms with Gasteiger partial charge in [0.2, 0.25) is 5.91 Å². The molecular weight excluding hydrogens is 308 g/mol. The van der Waals surface area contributed by atoms with Gasteiger partial charge in [-0.2, -0.15) is 0 Å². The number of anilines is 1. The summed E-state index contributed by atoms with van der Waals surface area (Å²) in [4.78, 5) is 23.2. The quantitative estimate of drug-likeness (QED) is 0.728. The Kier molecular flexibility index (Phi) is 5.57. The van der Waals surface area contributed by atoms with Crippen LogP contribution in [0.2, 0.25) is 5.02 Å². The first-order valence-corrected chi connectivity index (χ1v) is 6.97. The highest BCUT2D eigenvalue weighted by atomic mass is 35.5. The molecule has 0 saturated carbocycles. The molecule has 0 radical (unpaired) electrons. The highest BCUT2D eigenvalue weighted by Crippen LogP contribution is 2.20. The van der Waals surface area contributed by atoms with E-state index in [1.54, 1.807) is 36.4 Å². The first-order valence-electron chi connectivity index (χ1n) is 6.59. The average molecular weight is 323 g/mol. The molecule has 0 aliphatic heterocycles. The fourth-order valence-electron chi connectivity index (χ4n) is 1.83. The summed E-state index contributed by atoms with van der Waals surface area (Å²) in [7, 11) is 0. The summed E-state index contributed by atoms with van der Waals surface area (Å²) < 4.78 is 5.11. The van der Waals surface area contributed by atoms with Crippen molar-refractivity contribution in [1.29, 1.82) is 0 Å². The van der Waals surface area contributed by atoms with Crippen molar-refractivity contribution in [3.8, 4) is 0 Å². The molecule has 1 heterocycles. The van der Waals surface area contributed by atoms with Gasteiger partial charge in [0.15, 0.2) is 0 Å². The van der Waals surface area contributed by atoms with E-state index in [1.165, 1.54) is 6.26 Å². The number of nitrogens with one attached hydrogen (secondary N) is 2. The summed E-state index contributed by atoms with van der Waals surface area (Å²) in [5.74, 6) is -0.953. The summed E-state index contributed by atoms with van der Waals surface area (Å²) >= 11 is 5.94. The van der Waals surface area contributed by atoms with Crippen molar-refractivity contribution in [3.63, 3.8) is 0 Å². The first kappa shape index (κ1) is 16.1. The molecule has 0 unspecified atom stereocenters. The third-order valence-corrected chi connectivity index (χ3v) is 3.27. The maximum absolute atomic E-state index is 11.9. The summed E-state index contributed by atoms with van der Waals surface area (Å²) in [5.41, 5.74) is 0.448. The van der Waals surface area contributed by atoms with Crippen LogP contribution < -0.4 is 10.6 Å². The Morgan fingerprint density at radius 2 is 2.00 bits per heavy atom. The highest BCUT2D eigenvalue weighted by molar-refractivity contribution is 6.33. The zero-order valence-electron chi connectivity index (χ0n) is 11.6. The molecule has 6 nitrogen and oxygen atoms in total. The SMILES string of the molecule is O=C(C[C@@H](NCc1ccco1)C(=O)O)Nc1ccccc1Cl. The van der Waals surface area contributed by atoms with Gasteiger partial charge in [-0.25, -0.2) is 0 Å². The van der Waals surface area contributed by atoms with Crippen molar-refractivity contribution < 1.29 is 19.1 Å². The number of carboxylic acid groups (broad SMARTS) is 1. The predicted octanol–water partition coefficient (Wildman–Crippen LogP) is 2.50. The zero-order valence-corrected chi connectivity index (χ0v) is 12.3. The van der Waals surface area contributed by atoms with Crippen molar-refractivity contribution in [2.45, 2.75) is 19.0 Å². The predicted molar refractivity (Wildman–Crippen MR) is 81.7 cm³/mol. The van der Waals surface area contributed by atoms with E-state index in [0.717, 1.165) is 0 Å². The van der Waals surface area contributed by atoms with E-state index in [2.05, 4.69) is 10.6 Å². The van der Waals surface area contributed by atoms with E-state index >= 15 is 0 Å². The molecule has 2 rings (SSSR count). The van der Waals surface area contributed by atoms with Gasteiger partial charge >= 0.3 is 5.97 Å². The topological polar surface area (TPSA) is 91.6 Å². The minimum absolute atomic E-state index is 0.221. The Hall–Kier alpha value is -2.31. The second-order valence-electron chi connectivity index (χ2n) is 4.58. The zero-order chi connectivity index (χ0) is 15.9. The Morgan fingerprint density at radius 3 is 2.64 bits per heavy atom. The minimum Gasteiger partial charge on any atom is -0.480 e. The number of hydrogen-bond acceptors (Lipinski definition) is 4. The molecule has 2 aromatic rings. The fourth-order valence-corrected chi connectivity index (χ4v) is 2.02. The van der Waals surface area contributed by atoms with E-state index in [0.29, 0.717) is 16.5 Å². The van der Waals surface area contributed by atoms with Gasteiger partial charge in [0.05, 0.1) is 29.9 Å². The molecular formula is C15H15ClN2O4. The number of furan rings is 1. The molecule has 0 saturated heterocycles. The second-order valence-corrected chi connectivity index (χ2v) is 4.99. The van der Waals surface area contributed by atoms with E-state index in [1.807, 2.05) is 0 Å². The fraction of sp³-hybridized carbons (Fsp3) is 0.200. The van der Waals surface area contributed by atoms with Crippen LogP contribution in [0, 0.1) is 0 Å². The molecule has 0 fully saturated rings. The lowest BCUT2D eigenvalue weighted by atomic mass is 10.2. The second kappa shape index (κ2) is 7.63. The summed E-state index contributed by atoms with van der Waals surface area (Å²) in [5, 5.41) is 14.9. The van der Waals surface area contributed by atoms with E-state index < -0.39 is 17.9 Å². The number of carboxylic acids is 1. The summed E-state index contributed by atoms with van der Waals surface area (Å²) in [6.45, 7) is 0.226. The minimum atomic E-state index is -1.11. The van der Waals surface area contributed by atoms with E-state index in [4.69, 9.17) is 16.0 Å². The number of amides is 1. The number of aliphatic carboxylic acids is 1. The Balaban J connectivity index is 1.91. The van der Waals surface area contributed by atoms with Gasteiger partial charge in [0.1, 0.15) is 11.8 Å². The smallest absolute Gasteiger partial charge is 0.321 e. The molecule has 0 spiro atoms. The van der Waals surface area contributed by atoms with Gasteiger partial charge in [-0.05, 0) is 24.3 Å². The lowest BCUT2D eigenvalue weighted by Crippen LogP contribution is -2.39. The van der Waals surface area contributed by atoms with Gasteiger partial charge in [-0.1, -0.05) is 23.7 Å². The monoisotopic (exact) mass is 322 g/mol. The average Bonchev–Trinajstić information content (AvgIpc) is 2.99. The van der Waals surface area contributed by atoms with E-state index in [9.17, 15) is 14.7 Å². The van der Waals surface area contributed by atoms with Crippen LogP contribution in [0.5, 0.6) is 0 Å². The van der Waals surface area contributed by atoms with Crippen LogP contribution in [0.15, 0.2) is 47.1 Å². The maximum atomic E-state index is 11.9. The molecule has 0 aliphatic carbocycles. The molecule has 0 bridgehead atoms. The number of halogens is 1. The molecule has 1 aromatic carbocycles. The van der Waals surface area contributed by atoms with Gasteiger partial charge < -0.3 is 14.8 Å². The number of rotatable bonds is 7. The van der Waals surface area contributed by atoms with Crippen molar-refractivity contribution in [2.24, 2.45) is 0 Å². The molecule has 1 atom stereocenters. The molecule has 0 aliphatic rings. The van der Waals surface area contributed by atoms with Gasteiger partial charge in [-0.15, -0.1) is 0 Å². The number of carbonyl (C=O) groups excluding carboxylic acids is 1. The Bertz CT molecular complexity index is 643. The van der Waals surface area contributed by atoms with Crippen LogP contribution in [-0.2, 0) is 16.1 Å². The number of para-hydroxylation sites is 1. The third kappa shape index (κ3) is 4.61. The van der Waals surface area contributed by atoms with Gasteiger partial charge in [-0.3, -0.25) is 14.9 Å². The van der Waals surface area contributed by atoms with Gasteiger partial charge in [0.25, 0.3) is 0 Å². The molecule has 3 N–H and O–H groups in total. The molecule has 1 aromatic heterocycles. The largest absolute Gasteiger partial charge is 0.480 e. The van der Waals surface area contributed by atoms with Crippen LogP contribution >= 0.6 is 11.6 Å². The van der Waals surface area contributed by atoms with E-state index in [-0.39, 0.29) is 13.0 Å². The number of hydrogen-bond donors (Lipinski definition) is 3.